The van der Waals surface area contributed by atoms with Gasteiger partial charge in [0, 0.05) is 6.54 Å². The van der Waals surface area contributed by atoms with Gasteiger partial charge in [0.25, 0.3) is 11.5 Å². The van der Waals surface area contributed by atoms with Crippen molar-refractivity contribution in [1.82, 2.24) is 15.3 Å². The van der Waals surface area contributed by atoms with Gasteiger partial charge in [-0.3, -0.25) is 9.59 Å². The highest BCUT2D eigenvalue weighted by Gasteiger charge is 2.10. The quantitative estimate of drug-likeness (QED) is 0.772. The van der Waals surface area contributed by atoms with Gasteiger partial charge in [-0.15, -0.1) is 0 Å². The lowest BCUT2D eigenvalue weighted by Gasteiger charge is -2.04. The van der Waals surface area contributed by atoms with E-state index >= 15 is 0 Å². The van der Waals surface area contributed by atoms with Crippen molar-refractivity contribution in [2.24, 2.45) is 0 Å². The van der Waals surface area contributed by atoms with Crippen molar-refractivity contribution in [2.45, 2.75) is 6.54 Å². The van der Waals surface area contributed by atoms with Crippen LogP contribution in [0.1, 0.15) is 16.2 Å². The molecule has 0 unspecified atom stereocenters. The number of fused-ring (bicyclic) bond motifs is 1. The fourth-order valence-corrected chi connectivity index (χ4v) is 2.52. The monoisotopic (exact) mass is 285 g/mol. The maximum atomic E-state index is 12.0. The molecule has 0 saturated carbocycles. The third kappa shape index (κ3) is 2.46. The van der Waals surface area contributed by atoms with E-state index in [0.717, 1.165) is 5.56 Å². The van der Waals surface area contributed by atoms with Crippen LogP contribution in [-0.4, -0.2) is 15.9 Å². The molecule has 0 fully saturated rings. The average Bonchev–Trinajstić information content (AvgIpc) is 2.98. The lowest BCUT2D eigenvalue weighted by atomic mass is 10.2. The second kappa shape index (κ2) is 5.26. The lowest BCUT2D eigenvalue weighted by Crippen LogP contribution is -2.27. The Morgan fingerprint density at radius 3 is 2.95 bits per heavy atom. The van der Waals surface area contributed by atoms with Crippen LogP contribution in [0, 0.1) is 0 Å². The van der Waals surface area contributed by atoms with Crippen molar-refractivity contribution >= 4 is 28.1 Å². The van der Waals surface area contributed by atoms with E-state index in [1.807, 2.05) is 16.8 Å². The number of H-pyrrole nitrogens is 1. The van der Waals surface area contributed by atoms with Crippen LogP contribution in [0.2, 0.25) is 0 Å². The molecule has 0 aliphatic carbocycles. The summed E-state index contributed by atoms with van der Waals surface area (Å²) in [5, 5.41) is 7.10. The SMILES string of the molecule is O=C(NCc1ccsc1)c1nc2ccccc2c(=O)[nH]1. The van der Waals surface area contributed by atoms with Crippen molar-refractivity contribution in [3.8, 4) is 0 Å². The first kappa shape index (κ1) is 12.6. The van der Waals surface area contributed by atoms with E-state index in [9.17, 15) is 9.59 Å². The first-order chi connectivity index (χ1) is 9.74. The van der Waals surface area contributed by atoms with Gasteiger partial charge in [-0.2, -0.15) is 11.3 Å². The Morgan fingerprint density at radius 2 is 2.15 bits per heavy atom. The predicted octanol–water partition coefficient (Wildman–Crippen LogP) is 1.91. The number of nitrogens with zero attached hydrogens (tertiary/aromatic N) is 1. The van der Waals surface area contributed by atoms with Crippen LogP contribution < -0.4 is 10.9 Å². The molecule has 0 aliphatic rings. The molecule has 0 atom stereocenters. The maximum absolute atomic E-state index is 12.0. The molecule has 20 heavy (non-hydrogen) atoms. The normalized spacial score (nSPS) is 10.6. The molecule has 2 heterocycles. The van der Waals surface area contributed by atoms with Gasteiger partial charge in [-0.25, -0.2) is 4.98 Å². The number of aromatic amines is 1. The van der Waals surface area contributed by atoms with Gasteiger partial charge in [0.2, 0.25) is 0 Å². The van der Waals surface area contributed by atoms with Gasteiger partial charge in [0.15, 0.2) is 5.82 Å². The minimum atomic E-state index is -0.390. The van der Waals surface area contributed by atoms with Crippen molar-refractivity contribution < 1.29 is 4.79 Å². The van der Waals surface area contributed by atoms with Crippen LogP contribution in [0.25, 0.3) is 10.9 Å². The molecule has 0 bridgehead atoms. The van der Waals surface area contributed by atoms with Gasteiger partial charge in [0.1, 0.15) is 0 Å². The third-order valence-electron chi connectivity index (χ3n) is 2.86. The summed E-state index contributed by atoms with van der Waals surface area (Å²) >= 11 is 1.57. The zero-order valence-corrected chi connectivity index (χ0v) is 11.2. The molecular formula is C14H11N3O2S. The van der Waals surface area contributed by atoms with E-state index in [1.165, 1.54) is 0 Å². The van der Waals surface area contributed by atoms with Crippen LogP contribution in [0.5, 0.6) is 0 Å². The standard InChI is InChI=1S/C14H11N3O2S/c18-13-10-3-1-2-4-11(10)16-12(17-13)14(19)15-7-9-5-6-20-8-9/h1-6,8H,7H2,(H,15,19)(H,16,17,18). The van der Waals surface area contributed by atoms with Crippen molar-refractivity contribution in [3.63, 3.8) is 0 Å². The molecule has 0 spiro atoms. The van der Waals surface area contributed by atoms with Crippen molar-refractivity contribution in [1.29, 1.82) is 0 Å². The van der Waals surface area contributed by atoms with Gasteiger partial charge in [-0.05, 0) is 34.5 Å². The van der Waals surface area contributed by atoms with Gasteiger partial charge in [-0.1, -0.05) is 12.1 Å². The third-order valence-corrected chi connectivity index (χ3v) is 3.59. The Bertz CT molecular complexity index is 809. The minimum Gasteiger partial charge on any atom is -0.345 e. The maximum Gasteiger partial charge on any atom is 0.287 e. The van der Waals surface area contributed by atoms with Crippen molar-refractivity contribution in [3.05, 3.63) is 62.8 Å². The van der Waals surface area contributed by atoms with Crippen LogP contribution >= 0.6 is 11.3 Å². The molecule has 0 radical (unpaired) electrons. The first-order valence-corrected chi connectivity index (χ1v) is 6.96. The van der Waals surface area contributed by atoms with Gasteiger partial charge >= 0.3 is 0 Å². The van der Waals surface area contributed by atoms with Gasteiger partial charge in [0.05, 0.1) is 10.9 Å². The van der Waals surface area contributed by atoms with Crippen molar-refractivity contribution in [2.75, 3.05) is 0 Å². The zero-order valence-electron chi connectivity index (χ0n) is 10.4. The molecule has 1 amide bonds. The number of hydrogen-bond donors (Lipinski definition) is 2. The van der Waals surface area contributed by atoms with Crippen LogP contribution in [0.3, 0.4) is 0 Å². The highest BCUT2D eigenvalue weighted by atomic mass is 32.1. The predicted molar refractivity (Wildman–Crippen MR) is 77.9 cm³/mol. The molecule has 3 rings (SSSR count). The molecule has 3 aromatic rings. The van der Waals surface area contributed by atoms with Crippen LogP contribution in [0.15, 0.2) is 45.9 Å². The number of nitrogens with one attached hydrogen (secondary N) is 2. The smallest absolute Gasteiger partial charge is 0.287 e. The van der Waals surface area contributed by atoms with Gasteiger partial charge < -0.3 is 10.3 Å². The molecule has 5 nitrogen and oxygen atoms in total. The Labute approximate surface area is 118 Å². The fourth-order valence-electron chi connectivity index (χ4n) is 1.85. The van der Waals surface area contributed by atoms with E-state index in [4.69, 9.17) is 0 Å². The molecular weight excluding hydrogens is 274 g/mol. The van der Waals surface area contributed by atoms with E-state index in [0.29, 0.717) is 17.4 Å². The molecule has 1 aromatic carbocycles. The van der Waals surface area contributed by atoms with E-state index in [-0.39, 0.29) is 17.3 Å². The highest BCUT2D eigenvalue weighted by Crippen LogP contribution is 2.07. The summed E-state index contributed by atoms with van der Waals surface area (Å²) in [6, 6.07) is 8.85. The Hall–Kier alpha value is -2.47. The summed E-state index contributed by atoms with van der Waals surface area (Å²) in [7, 11) is 0. The summed E-state index contributed by atoms with van der Waals surface area (Å²) in [6.07, 6.45) is 0. The molecule has 0 saturated heterocycles. The Kier molecular flexibility index (Phi) is 3.30. The topological polar surface area (TPSA) is 74.8 Å². The lowest BCUT2D eigenvalue weighted by molar-refractivity contribution is 0.0940. The molecule has 0 aliphatic heterocycles. The number of amides is 1. The second-order valence-electron chi connectivity index (χ2n) is 4.25. The number of benzene rings is 1. The molecule has 6 heteroatoms. The zero-order chi connectivity index (χ0) is 13.9. The average molecular weight is 285 g/mol. The van der Waals surface area contributed by atoms with Crippen LogP contribution in [-0.2, 0) is 6.54 Å². The van der Waals surface area contributed by atoms with E-state index < -0.39 is 0 Å². The number of carbonyl (C=O) groups excluding carboxylic acids is 1. The number of thiophene rings is 1. The Balaban J connectivity index is 1.86. The Morgan fingerprint density at radius 1 is 1.30 bits per heavy atom. The summed E-state index contributed by atoms with van der Waals surface area (Å²) in [5.74, 6) is -0.358. The molecule has 2 aromatic heterocycles. The number of aromatic nitrogens is 2. The summed E-state index contributed by atoms with van der Waals surface area (Å²) in [4.78, 5) is 30.5. The molecule has 2 N–H and O–H groups in total. The number of carbonyl (C=O) groups is 1. The van der Waals surface area contributed by atoms with E-state index in [2.05, 4.69) is 15.3 Å². The number of para-hydroxylation sites is 1. The van der Waals surface area contributed by atoms with E-state index in [1.54, 1.807) is 35.6 Å². The van der Waals surface area contributed by atoms with Crippen LogP contribution in [0.4, 0.5) is 0 Å². The first-order valence-electron chi connectivity index (χ1n) is 6.02. The largest absolute Gasteiger partial charge is 0.345 e. The molecule has 100 valence electrons. The summed E-state index contributed by atoms with van der Waals surface area (Å²) in [5.41, 5.74) is 1.22. The minimum absolute atomic E-state index is 0.0314. The fraction of sp³-hybridized carbons (Fsp3) is 0.0714. The number of rotatable bonds is 3. The summed E-state index contributed by atoms with van der Waals surface area (Å²) in [6.45, 7) is 0.416. The number of hydrogen-bond acceptors (Lipinski definition) is 4. The second-order valence-corrected chi connectivity index (χ2v) is 5.03. The summed E-state index contributed by atoms with van der Waals surface area (Å²) < 4.78 is 0. The highest BCUT2D eigenvalue weighted by molar-refractivity contribution is 7.07.